The van der Waals surface area contributed by atoms with Gasteiger partial charge in [0.1, 0.15) is 11.6 Å². The van der Waals surface area contributed by atoms with Crippen LogP contribution in [0.3, 0.4) is 0 Å². The lowest BCUT2D eigenvalue weighted by atomic mass is 9.98. The average Bonchev–Trinajstić information content (AvgIpc) is 2.48. The van der Waals surface area contributed by atoms with Gasteiger partial charge in [0.25, 0.3) is 0 Å². The van der Waals surface area contributed by atoms with Crippen LogP contribution in [0.1, 0.15) is 11.1 Å². The van der Waals surface area contributed by atoms with Gasteiger partial charge >= 0.3 is 0 Å². The molecule has 1 unspecified atom stereocenters. The van der Waals surface area contributed by atoms with Gasteiger partial charge in [-0.05, 0) is 41.8 Å². The van der Waals surface area contributed by atoms with E-state index in [1.165, 1.54) is 24.3 Å². The maximum Gasteiger partial charge on any atom is 0.222 e. The van der Waals surface area contributed by atoms with E-state index in [0.29, 0.717) is 19.5 Å². The summed E-state index contributed by atoms with van der Waals surface area (Å²) in [6.07, 6.45) is 0.436. The molecular weight excluding hydrogens is 286 g/mol. The number of hydrogen-bond donors (Lipinski definition) is 2. The summed E-state index contributed by atoms with van der Waals surface area (Å²) in [4.78, 5) is 11.5. The van der Waals surface area contributed by atoms with Gasteiger partial charge in [-0.3, -0.25) is 4.79 Å². The second kappa shape index (κ2) is 7.66. The third kappa shape index (κ3) is 4.93. The number of rotatable bonds is 7. The molecule has 2 aromatic carbocycles. The average molecular weight is 304 g/mol. The van der Waals surface area contributed by atoms with E-state index in [1.54, 1.807) is 24.3 Å². The Kier molecular flexibility index (Phi) is 5.61. The van der Waals surface area contributed by atoms with Crippen molar-refractivity contribution in [1.82, 2.24) is 5.32 Å². The summed E-state index contributed by atoms with van der Waals surface area (Å²) in [5.41, 5.74) is 7.05. The molecule has 5 heteroatoms. The molecule has 0 saturated heterocycles. The number of nitrogens with two attached hydrogens (primary N) is 1. The predicted molar refractivity (Wildman–Crippen MR) is 80.9 cm³/mol. The van der Waals surface area contributed by atoms with Gasteiger partial charge in [0.05, 0.1) is 5.92 Å². The quantitative estimate of drug-likeness (QED) is 0.825. The van der Waals surface area contributed by atoms with E-state index in [2.05, 4.69) is 5.32 Å². The van der Waals surface area contributed by atoms with Gasteiger partial charge < -0.3 is 11.1 Å². The Morgan fingerprint density at radius 2 is 1.77 bits per heavy atom. The third-order valence-electron chi connectivity index (χ3n) is 3.41. The van der Waals surface area contributed by atoms with E-state index < -0.39 is 11.8 Å². The smallest absolute Gasteiger partial charge is 0.222 e. The number of primary amides is 1. The molecule has 0 aromatic heterocycles. The van der Waals surface area contributed by atoms with Crippen LogP contribution in [0.25, 0.3) is 0 Å². The van der Waals surface area contributed by atoms with Crippen molar-refractivity contribution in [3.63, 3.8) is 0 Å². The normalized spacial score (nSPS) is 12.1. The summed E-state index contributed by atoms with van der Waals surface area (Å²) in [6, 6.07) is 12.2. The monoisotopic (exact) mass is 304 g/mol. The highest BCUT2D eigenvalue weighted by Gasteiger charge is 2.15. The van der Waals surface area contributed by atoms with Crippen molar-refractivity contribution in [2.75, 3.05) is 6.54 Å². The zero-order chi connectivity index (χ0) is 15.9. The number of carbonyl (C=O) groups excluding carboxylic acids is 1. The van der Waals surface area contributed by atoms with E-state index >= 15 is 0 Å². The highest BCUT2D eigenvalue weighted by Crippen LogP contribution is 2.10. The Morgan fingerprint density at radius 3 is 2.41 bits per heavy atom. The fraction of sp³-hybridized carbons (Fsp3) is 0.235. The highest BCUT2D eigenvalue weighted by atomic mass is 19.1. The molecule has 116 valence electrons. The van der Waals surface area contributed by atoms with Gasteiger partial charge in [-0.15, -0.1) is 0 Å². The molecule has 0 aliphatic rings. The van der Waals surface area contributed by atoms with E-state index in [4.69, 9.17) is 5.73 Å². The number of carbonyl (C=O) groups is 1. The molecule has 0 saturated carbocycles. The molecule has 2 rings (SSSR count). The zero-order valence-electron chi connectivity index (χ0n) is 12.1. The number of hydrogen-bond acceptors (Lipinski definition) is 2. The van der Waals surface area contributed by atoms with Gasteiger partial charge in [-0.25, -0.2) is 8.78 Å². The predicted octanol–water partition coefficient (Wildman–Crippen LogP) is 2.40. The van der Waals surface area contributed by atoms with Crippen LogP contribution in [-0.2, 0) is 17.8 Å². The molecule has 0 spiro atoms. The molecule has 0 aliphatic heterocycles. The Bertz CT molecular complexity index is 629. The molecule has 0 bridgehead atoms. The Hall–Kier alpha value is -2.27. The van der Waals surface area contributed by atoms with E-state index in [9.17, 15) is 13.6 Å². The van der Waals surface area contributed by atoms with Gasteiger partial charge in [0.15, 0.2) is 0 Å². The zero-order valence-corrected chi connectivity index (χ0v) is 12.1. The van der Waals surface area contributed by atoms with Crippen LogP contribution < -0.4 is 11.1 Å². The van der Waals surface area contributed by atoms with Crippen molar-refractivity contribution in [3.05, 3.63) is 71.3 Å². The summed E-state index contributed by atoms with van der Waals surface area (Å²) >= 11 is 0. The first-order valence-electron chi connectivity index (χ1n) is 7.03. The van der Waals surface area contributed by atoms with Gasteiger partial charge in [0, 0.05) is 13.1 Å². The SMILES string of the molecule is NC(=O)C(CNCc1cccc(F)c1)Cc1ccc(F)cc1. The Balaban J connectivity index is 1.89. The van der Waals surface area contributed by atoms with Crippen LogP contribution in [0.5, 0.6) is 0 Å². The molecule has 22 heavy (non-hydrogen) atoms. The number of amides is 1. The molecule has 0 aliphatic carbocycles. The van der Waals surface area contributed by atoms with Crippen molar-refractivity contribution in [2.45, 2.75) is 13.0 Å². The van der Waals surface area contributed by atoms with Crippen LogP contribution in [0.4, 0.5) is 8.78 Å². The van der Waals surface area contributed by atoms with Gasteiger partial charge in [-0.2, -0.15) is 0 Å². The van der Waals surface area contributed by atoms with Crippen LogP contribution in [-0.4, -0.2) is 12.5 Å². The third-order valence-corrected chi connectivity index (χ3v) is 3.41. The van der Waals surface area contributed by atoms with Crippen molar-refractivity contribution in [3.8, 4) is 0 Å². The summed E-state index contributed by atoms with van der Waals surface area (Å²) in [5.74, 6) is -1.43. The summed E-state index contributed by atoms with van der Waals surface area (Å²) < 4.78 is 25.9. The van der Waals surface area contributed by atoms with Crippen LogP contribution in [0, 0.1) is 17.6 Å². The van der Waals surface area contributed by atoms with Crippen LogP contribution in [0.15, 0.2) is 48.5 Å². The number of benzene rings is 2. The standard InChI is InChI=1S/C17H18F2N2O/c18-15-6-4-12(5-7-15)8-14(17(20)22)11-21-10-13-2-1-3-16(19)9-13/h1-7,9,14,21H,8,10-11H2,(H2,20,22). The fourth-order valence-electron chi connectivity index (χ4n) is 2.22. The first-order valence-corrected chi connectivity index (χ1v) is 7.03. The maximum atomic E-state index is 13.1. The lowest BCUT2D eigenvalue weighted by Crippen LogP contribution is -2.34. The van der Waals surface area contributed by atoms with Crippen molar-refractivity contribution in [1.29, 1.82) is 0 Å². The molecule has 0 fully saturated rings. The van der Waals surface area contributed by atoms with E-state index in [-0.39, 0.29) is 11.6 Å². The van der Waals surface area contributed by atoms with Crippen molar-refractivity contribution < 1.29 is 13.6 Å². The molecule has 2 aromatic rings. The van der Waals surface area contributed by atoms with Gasteiger partial charge in [0.2, 0.25) is 5.91 Å². The fourth-order valence-corrected chi connectivity index (χ4v) is 2.22. The Labute approximate surface area is 128 Å². The largest absolute Gasteiger partial charge is 0.369 e. The molecule has 3 nitrogen and oxygen atoms in total. The summed E-state index contributed by atoms with van der Waals surface area (Å²) in [5, 5.41) is 3.10. The Morgan fingerprint density at radius 1 is 1.05 bits per heavy atom. The van der Waals surface area contributed by atoms with Gasteiger partial charge in [-0.1, -0.05) is 24.3 Å². The first-order chi connectivity index (χ1) is 10.5. The number of halogens is 2. The first kappa shape index (κ1) is 16.1. The summed E-state index contributed by atoms with van der Waals surface area (Å²) in [7, 11) is 0. The second-order valence-electron chi connectivity index (χ2n) is 5.19. The van der Waals surface area contributed by atoms with E-state index in [0.717, 1.165) is 11.1 Å². The minimum atomic E-state index is -0.420. The lowest BCUT2D eigenvalue weighted by molar-refractivity contribution is -0.121. The molecule has 1 atom stereocenters. The molecule has 3 N–H and O–H groups in total. The van der Waals surface area contributed by atoms with Crippen LogP contribution in [0.2, 0.25) is 0 Å². The summed E-state index contributed by atoms with van der Waals surface area (Å²) in [6.45, 7) is 0.828. The maximum absolute atomic E-state index is 13.1. The molecule has 0 radical (unpaired) electrons. The van der Waals surface area contributed by atoms with Crippen molar-refractivity contribution in [2.24, 2.45) is 11.7 Å². The topological polar surface area (TPSA) is 55.1 Å². The number of nitrogens with one attached hydrogen (secondary N) is 1. The van der Waals surface area contributed by atoms with Crippen molar-refractivity contribution >= 4 is 5.91 Å². The molecule has 0 heterocycles. The molecule has 1 amide bonds. The second-order valence-corrected chi connectivity index (χ2v) is 5.19. The van der Waals surface area contributed by atoms with Crippen LogP contribution >= 0.6 is 0 Å². The minimum absolute atomic E-state index is 0.294. The lowest BCUT2D eigenvalue weighted by Gasteiger charge is -2.14. The minimum Gasteiger partial charge on any atom is -0.369 e. The molecular formula is C17H18F2N2O. The highest BCUT2D eigenvalue weighted by molar-refractivity contribution is 5.77. The van der Waals surface area contributed by atoms with E-state index in [1.807, 2.05) is 0 Å².